The van der Waals surface area contributed by atoms with Crippen LogP contribution in [0.2, 0.25) is 0 Å². The van der Waals surface area contributed by atoms with Crippen LogP contribution in [0, 0.1) is 0 Å². The van der Waals surface area contributed by atoms with Crippen molar-refractivity contribution >= 4 is 28.1 Å². The molecule has 1 aliphatic rings. The Labute approximate surface area is 209 Å². The van der Waals surface area contributed by atoms with Crippen LogP contribution in [0.1, 0.15) is 110 Å². The third-order valence-corrected chi connectivity index (χ3v) is 6.40. The maximum Gasteiger partial charge on any atom is 0.398 e. The highest BCUT2D eigenvalue weighted by Crippen LogP contribution is 2.19. The van der Waals surface area contributed by atoms with Crippen molar-refractivity contribution < 1.29 is 46.1 Å². The van der Waals surface area contributed by atoms with Crippen LogP contribution in [0.5, 0.6) is 0 Å². The Kier molecular flexibility index (Phi) is 16.0. The summed E-state index contributed by atoms with van der Waals surface area (Å²) in [7, 11) is -5.07. The molecule has 0 spiro atoms. The molecule has 0 saturated carbocycles. The van der Waals surface area contributed by atoms with Gasteiger partial charge in [0.15, 0.2) is 6.10 Å². The summed E-state index contributed by atoms with van der Waals surface area (Å²) < 4.78 is 43.4. The normalized spacial score (nSPS) is 19.1. The van der Waals surface area contributed by atoms with Crippen LogP contribution >= 0.6 is 0 Å². The molecule has 1 unspecified atom stereocenters. The van der Waals surface area contributed by atoms with Crippen molar-refractivity contribution in [3.63, 3.8) is 0 Å². The lowest BCUT2D eigenvalue weighted by atomic mass is 10.0. The predicted octanol–water partition coefficient (Wildman–Crippen LogP) is 3.83. The van der Waals surface area contributed by atoms with Gasteiger partial charge in [-0.2, -0.15) is 8.42 Å². The average molecular weight is 523 g/mol. The lowest BCUT2D eigenvalue weighted by Gasteiger charge is -2.15. The molecule has 11 heteroatoms. The number of aliphatic hydroxyl groups excluding tert-OH is 1. The van der Waals surface area contributed by atoms with E-state index in [1.807, 2.05) is 0 Å². The van der Waals surface area contributed by atoms with Gasteiger partial charge in [0.1, 0.15) is 12.7 Å². The highest BCUT2D eigenvalue weighted by atomic mass is 32.3. The van der Waals surface area contributed by atoms with Crippen LogP contribution in [0.15, 0.2) is 0 Å². The Bertz CT molecular complexity index is 737. The van der Waals surface area contributed by atoms with Crippen LogP contribution in [-0.2, 0) is 38.4 Å². The number of carbonyl (C=O) groups excluding carboxylic acids is 3. The molecule has 1 fully saturated rings. The molecule has 0 amide bonds. The van der Waals surface area contributed by atoms with Crippen LogP contribution in [0.25, 0.3) is 0 Å². The van der Waals surface area contributed by atoms with E-state index >= 15 is 0 Å². The Morgan fingerprint density at radius 3 is 1.80 bits per heavy atom. The maximum absolute atomic E-state index is 12.0. The van der Waals surface area contributed by atoms with Crippen molar-refractivity contribution in [3.05, 3.63) is 0 Å². The van der Waals surface area contributed by atoms with Gasteiger partial charge in [-0.15, -0.1) is 0 Å². The van der Waals surface area contributed by atoms with E-state index in [1.165, 1.54) is 70.6 Å². The van der Waals surface area contributed by atoms with Gasteiger partial charge in [-0.25, -0.2) is 8.98 Å². The molecule has 204 valence electrons. The molecular formula is C24H42O10S. The summed E-state index contributed by atoms with van der Waals surface area (Å²) in [4.78, 5) is 35.3. The summed E-state index contributed by atoms with van der Waals surface area (Å²) >= 11 is 0. The van der Waals surface area contributed by atoms with Gasteiger partial charge in [-0.3, -0.25) is 14.1 Å². The van der Waals surface area contributed by atoms with Crippen molar-refractivity contribution in [1.29, 1.82) is 0 Å². The fraction of sp³-hybridized carbons (Fsp3) is 0.875. The molecule has 35 heavy (non-hydrogen) atoms. The van der Waals surface area contributed by atoms with Gasteiger partial charge >= 0.3 is 22.3 Å². The van der Waals surface area contributed by atoms with Crippen molar-refractivity contribution in [2.24, 2.45) is 0 Å². The van der Waals surface area contributed by atoms with Crippen molar-refractivity contribution in [2.75, 3.05) is 6.61 Å². The number of rotatable bonds is 21. The first kappa shape index (κ1) is 31.5. The van der Waals surface area contributed by atoms with Gasteiger partial charge in [0.2, 0.25) is 11.9 Å². The smallest absolute Gasteiger partial charge is 0.398 e. The minimum atomic E-state index is -5.07. The van der Waals surface area contributed by atoms with E-state index in [-0.39, 0.29) is 6.42 Å². The van der Waals surface area contributed by atoms with Crippen LogP contribution in [0.4, 0.5) is 0 Å². The zero-order valence-corrected chi connectivity index (χ0v) is 21.6. The number of carbonyl (C=O) groups is 3. The molecule has 1 saturated heterocycles. The first-order valence-corrected chi connectivity index (χ1v) is 14.3. The molecule has 1 rings (SSSR count). The minimum absolute atomic E-state index is 0.165. The molecule has 0 aromatic rings. The number of cyclic esters (lactones) is 1. The minimum Gasteiger partial charge on any atom is -0.463 e. The first-order chi connectivity index (χ1) is 16.7. The number of ketones is 1. The number of aliphatic hydroxyl groups is 1. The maximum atomic E-state index is 12.0. The zero-order valence-electron chi connectivity index (χ0n) is 20.8. The number of esters is 2. The van der Waals surface area contributed by atoms with E-state index in [0.29, 0.717) is 6.42 Å². The molecule has 0 aromatic heterocycles. The third-order valence-electron chi connectivity index (χ3n) is 5.96. The van der Waals surface area contributed by atoms with Crippen molar-refractivity contribution in [2.45, 2.75) is 128 Å². The van der Waals surface area contributed by atoms with Crippen molar-refractivity contribution in [3.8, 4) is 0 Å². The third kappa shape index (κ3) is 14.6. The largest absolute Gasteiger partial charge is 0.463 e. The number of Topliss-reactive ketones (excluding diaryl/α,β-unsaturated/α-hetero) is 1. The number of hydrogen-bond donors (Lipinski definition) is 2. The lowest BCUT2D eigenvalue weighted by molar-refractivity contribution is -0.156. The first-order valence-electron chi connectivity index (χ1n) is 12.9. The second-order valence-corrected chi connectivity index (χ2v) is 10.2. The summed E-state index contributed by atoms with van der Waals surface area (Å²) in [5, 5.41) is 9.96. The van der Waals surface area contributed by atoms with E-state index in [9.17, 15) is 27.9 Å². The van der Waals surface area contributed by atoms with Crippen LogP contribution < -0.4 is 0 Å². The molecule has 3 atom stereocenters. The van der Waals surface area contributed by atoms with Crippen LogP contribution in [-0.4, -0.2) is 60.7 Å². The molecular weight excluding hydrogens is 480 g/mol. The van der Waals surface area contributed by atoms with Gasteiger partial charge in [0.05, 0.1) is 0 Å². The molecule has 0 bridgehead atoms. The SMILES string of the molecule is CCCCCCCCCCCCCCCCCC(=O)OC[C@H](O)[C@H]1OC(=O)C(OS(=O)(=O)O)C1=O. The summed E-state index contributed by atoms with van der Waals surface area (Å²) in [6.07, 6.45) is 12.7. The van der Waals surface area contributed by atoms with Gasteiger partial charge in [0, 0.05) is 6.42 Å². The van der Waals surface area contributed by atoms with Crippen LogP contribution in [0.3, 0.4) is 0 Å². The monoisotopic (exact) mass is 522 g/mol. The van der Waals surface area contributed by atoms with Crippen molar-refractivity contribution in [1.82, 2.24) is 0 Å². The molecule has 2 N–H and O–H groups in total. The average Bonchev–Trinajstić information content (AvgIpc) is 3.07. The Morgan fingerprint density at radius 2 is 1.34 bits per heavy atom. The summed E-state index contributed by atoms with van der Waals surface area (Å²) in [5.41, 5.74) is 0. The van der Waals surface area contributed by atoms with E-state index in [4.69, 9.17) is 9.29 Å². The summed E-state index contributed by atoms with van der Waals surface area (Å²) in [5.74, 6) is -3.10. The highest BCUT2D eigenvalue weighted by molar-refractivity contribution is 7.81. The van der Waals surface area contributed by atoms with Gasteiger partial charge in [-0.05, 0) is 6.42 Å². The number of unbranched alkanes of at least 4 members (excludes halogenated alkanes) is 14. The Balaban J connectivity index is 2.01. The predicted molar refractivity (Wildman–Crippen MR) is 128 cm³/mol. The van der Waals surface area contributed by atoms with Gasteiger partial charge in [0.25, 0.3) is 0 Å². The second kappa shape index (κ2) is 17.8. The van der Waals surface area contributed by atoms with E-state index in [2.05, 4.69) is 15.8 Å². The topological polar surface area (TPSA) is 154 Å². The Morgan fingerprint density at radius 1 is 0.886 bits per heavy atom. The van der Waals surface area contributed by atoms with Gasteiger partial charge in [-0.1, -0.05) is 96.8 Å². The fourth-order valence-electron chi connectivity index (χ4n) is 3.97. The fourth-order valence-corrected chi connectivity index (χ4v) is 4.38. The lowest BCUT2D eigenvalue weighted by Crippen LogP contribution is -2.39. The molecule has 0 aliphatic carbocycles. The summed E-state index contributed by atoms with van der Waals surface area (Å²) in [6.45, 7) is 1.64. The number of ether oxygens (including phenoxy) is 2. The molecule has 10 nitrogen and oxygen atoms in total. The molecule has 0 radical (unpaired) electrons. The summed E-state index contributed by atoms with van der Waals surface area (Å²) in [6, 6.07) is 0. The quantitative estimate of drug-likeness (QED) is 0.0983. The van der Waals surface area contributed by atoms with E-state index < -0.39 is 53.0 Å². The van der Waals surface area contributed by atoms with Gasteiger partial charge < -0.3 is 14.6 Å². The molecule has 1 aliphatic heterocycles. The second-order valence-electron chi connectivity index (χ2n) is 9.11. The van der Waals surface area contributed by atoms with E-state index in [1.54, 1.807) is 0 Å². The Hall–Kier alpha value is -1.56. The molecule has 0 aromatic carbocycles. The molecule has 1 heterocycles. The standard InChI is InChI=1S/C24H42O10S/c1-2-3-4-5-6-7-8-9-10-11-12-13-14-15-16-17-20(26)32-18-19(25)22-21(27)23(24(28)33-22)34-35(29,30)31/h19,22-23,25H,2-18H2,1H3,(H,29,30,31)/t19-,22+,23?/m0/s1. The zero-order chi connectivity index (χ0) is 26.1. The number of hydrogen-bond acceptors (Lipinski definition) is 9. The highest BCUT2D eigenvalue weighted by Gasteiger charge is 2.50. The van der Waals surface area contributed by atoms with E-state index in [0.717, 1.165) is 19.3 Å².